The van der Waals surface area contributed by atoms with Crippen LogP contribution in [0, 0.1) is 6.92 Å². The lowest BCUT2D eigenvalue weighted by atomic mass is 9.68. The summed E-state index contributed by atoms with van der Waals surface area (Å²) < 4.78 is 42.9. The average molecular weight is 467 g/mol. The van der Waals surface area contributed by atoms with Crippen LogP contribution in [0.3, 0.4) is 0 Å². The van der Waals surface area contributed by atoms with Crippen molar-refractivity contribution in [2.75, 3.05) is 5.32 Å². The summed E-state index contributed by atoms with van der Waals surface area (Å²) in [5.41, 5.74) is -2.47. The number of phenols is 1. The number of H-pyrrole nitrogens is 1. The maximum Gasteiger partial charge on any atom is 0.419 e. The summed E-state index contributed by atoms with van der Waals surface area (Å²) in [5.74, 6) is -0.884. The van der Waals surface area contributed by atoms with Gasteiger partial charge in [0.05, 0.1) is 6.04 Å². The van der Waals surface area contributed by atoms with Crippen LogP contribution in [0.5, 0.6) is 5.75 Å². The van der Waals surface area contributed by atoms with Gasteiger partial charge in [-0.1, -0.05) is 24.6 Å². The number of aromatic nitrogens is 1. The van der Waals surface area contributed by atoms with Gasteiger partial charge in [-0.25, -0.2) is 0 Å². The molecule has 0 unspecified atom stereocenters. The second kappa shape index (κ2) is 7.71. The standard InChI is InChI=1S/C23H22ClF3N2O3/c1-3-12-10-22(32,23(25,26)27)20(15-9-16(24)11(2)19(30)18(12)15)29-17-6-4-5-14-13(17)7-8-28-21(14)31/h4-9,12,20,29-30,32H,3,10H2,1-2H3,(H,28,31)/t12-,20+,22-/m1/s1. The highest BCUT2D eigenvalue weighted by Crippen LogP contribution is 2.56. The number of hydrogen-bond donors (Lipinski definition) is 4. The summed E-state index contributed by atoms with van der Waals surface area (Å²) in [7, 11) is 0. The van der Waals surface area contributed by atoms with Crippen LogP contribution in [0.4, 0.5) is 18.9 Å². The SMILES string of the molecule is CC[C@@H]1C[C@](O)(C(F)(F)F)[C@@H](Nc2cccc3c(=O)[nH]ccc23)c2cc(Cl)c(C)c(O)c21. The van der Waals surface area contributed by atoms with E-state index in [0.717, 1.165) is 0 Å². The molecule has 1 aliphatic rings. The van der Waals surface area contributed by atoms with E-state index >= 15 is 0 Å². The molecule has 0 fully saturated rings. The van der Waals surface area contributed by atoms with Crippen molar-refractivity contribution in [2.24, 2.45) is 0 Å². The molecule has 0 saturated heterocycles. The summed E-state index contributed by atoms with van der Waals surface area (Å²) in [6, 6.07) is 5.94. The van der Waals surface area contributed by atoms with E-state index in [0.29, 0.717) is 21.9 Å². The van der Waals surface area contributed by atoms with Crippen LogP contribution in [0.1, 0.15) is 48.4 Å². The minimum atomic E-state index is -4.97. The van der Waals surface area contributed by atoms with Crippen molar-refractivity contribution >= 4 is 28.1 Å². The summed E-state index contributed by atoms with van der Waals surface area (Å²) in [6.07, 6.45) is -3.90. The van der Waals surface area contributed by atoms with Crippen molar-refractivity contribution in [3.8, 4) is 5.75 Å². The van der Waals surface area contributed by atoms with Gasteiger partial charge in [0, 0.05) is 38.8 Å². The van der Waals surface area contributed by atoms with Gasteiger partial charge in [0.25, 0.3) is 5.56 Å². The largest absolute Gasteiger partial charge is 0.507 e. The Bertz CT molecular complexity index is 1260. The molecule has 3 atom stereocenters. The molecular formula is C23H22ClF3N2O3. The molecule has 0 amide bonds. The molecule has 2 aromatic carbocycles. The van der Waals surface area contributed by atoms with Crippen molar-refractivity contribution in [3.05, 3.63) is 68.6 Å². The fourth-order valence-corrected chi connectivity index (χ4v) is 4.83. The number of benzene rings is 2. The molecule has 1 aliphatic carbocycles. The highest BCUT2D eigenvalue weighted by atomic mass is 35.5. The number of alkyl halides is 3. The maximum absolute atomic E-state index is 14.3. The van der Waals surface area contributed by atoms with Gasteiger partial charge in [-0.15, -0.1) is 0 Å². The lowest BCUT2D eigenvalue weighted by Gasteiger charge is -2.46. The number of nitrogens with one attached hydrogen (secondary N) is 2. The Kier molecular flexibility index (Phi) is 5.41. The maximum atomic E-state index is 14.3. The lowest BCUT2D eigenvalue weighted by Crippen LogP contribution is -2.55. The van der Waals surface area contributed by atoms with Crippen molar-refractivity contribution in [1.82, 2.24) is 4.98 Å². The normalized spacial score (nSPS) is 23.2. The first-order valence-electron chi connectivity index (χ1n) is 10.2. The summed E-state index contributed by atoms with van der Waals surface area (Å²) in [6.45, 7) is 3.30. The van der Waals surface area contributed by atoms with Crippen LogP contribution >= 0.6 is 11.6 Å². The van der Waals surface area contributed by atoms with Gasteiger partial charge in [0.1, 0.15) is 5.75 Å². The number of halogens is 4. The van der Waals surface area contributed by atoms with Crippen LogP contribution in [0.2, 0.25) is 5.02 Å². The van der Waals surface area contributed by atoms with Crippen LogP contribution in [-0.2, 0) is 0 Å². The zero-order valence-electron chi connectivity index (χ0n) is 17.3. The Morgan fingerprint density at radius 2 is 2.00 bits per heavy atom. The quantitative estimate of drug-likeness (QED) is 0.408. The molecule has 0 bridgehead atoms. The fourth-order valence-electron chi connectivity index (χ4n) is 4.62. The van der Waals surface area contributed by atoms with Gasteiger partial charge < -0.3 is 20.5 Å². The van der Waals surface area contributed by atoms with Crippen LogP contribution in [0.25, 0.3) is 10.8 Å². The average Bonchev–Trinajstić information content (AvgIpc) is 2.73. The van der Waals surface area contributed by atoms with E-state index in [1.807, 2.05) is 0 Å². The zero-order valence-corrected chi connectivity index (χ0v) is 18.1. The number of phenolic OH excluding ortho intramolecular Hbond substituents is 1. The number of rotatable bonds is 3. The Morgan fingerprint density at radius 1 is 1.28 bits per heavy atom. The number of fused-ring (bicyclic) bond motifs is 2. The molecule has 4 N–H and O–H groups in total. The van der Waals surface area contributed by atoms with Gasteiger partial charge in [0.15, 0.2) is 5.60 Å². The van der Waals surface area contributed by atoms with Gasteiger partial charge in [-0.05, 0) is 55.5 Å². The predicted octanol–water partition coefficient (Wildman–Crippen LogP) is 5.54. The first-order valence-corrected chi connectivity index (χ1v) is 10.5. The number of hydrogen-bond acceptors (Lipinski definition) is 4. The molecule has 1 aromatic heterocycles. The second-order valence-corrected chi connectivity index (χ2v) is 8.62. The predicted molar refractivity (Wildman–Crippen MR) is 117 cm³/mol. The van der Waals surface area contributed by atoms with Crippen LogP contribution in [0.15, 0.2) is 41.3 Å². The van der Waals surface area contributed by atoms with E-state index in [1.54, 1.807) is 38.1 Å². The minimum Gasteiger partial charge on any atom is -0.507 e. The molecule has 170 valence electrons. The molecule has 0 saturated carbocycles. The third-order valence-corrected chi connectivity index (χ3v) is 6.81. The Hall–Kier alpha value is -2.71. The smallest absolute Gasteiger partial charge is 0.419 e. The molecule has 0 aliphatic heterocycles. The third-order valence-electron chi connectivity index (χ3n) is 6.41. The molecular weight excluding hydrogens is 445 g/mol. The first-order chi connectivity index (χ1) is 15.0. The molecule has 0 spiro atoms. The van der Waals surface area contributed by atoms with Gasteiger partial charge in [-0.2, -0.15) is 13.2 Å². The summed E-state index contributed by atoms with van der Waals surface area (Å²) in [5, 5.41) is 25.5. The monoisotopic (exact) mass is 466 g/mol. The van der Waals surface area contributed by atoms with E-state index in [4.69, 9.17) is 11.6 Å². The molecule has 4 rings (SSSR count). The fraction of sp³-hybridized carbons (Fsp3) is 0.348. The first kappa shape index (κ1) is 22.5. The van der Waals surface area contributed by atoms with Gasteiger partial charge >= 0.3 is 6.18 Å². The number of aliphatic hydroxyl groups is 1. The van der Waals surface area contributed by atoms with E-state index in [2.05, 4.69) is 10.3 Å². The van der Waals surface area contributed by atoms with Crippen molar-refractivity contribution in [2.45, 2.75) is 50.4 Å². The van der Waals surface area contributed by atoms with E-state index in [-0.39, 0.29) is 34.0 Å². The number of aromatic amines is 1. The summed E-state index contributed by atoms with van der Waals surface area (Å²) >= 11 is 6.24. The van der Waals surface area contributed by atoms with Gasteiger partial charge in [0.2, 0.25) is 0 Å². The van der Waals surface area contributed by atoms with Crippen LogP contribution < -0.4 is 10.9 Å². The molecule has 9 heteroatoms. The number of anilines is 1. The van der Waals surface area contributed by atoms with E-state index < -0.39 is 30.2 Å². The topological polar surface area (TPSA) is 85.4 Å². The summed E-state index contributed by atoms with van der Waals surface area (Å²) in [4.78, 5) is 14.7. The number of aromatic hydroxyl groups is 1. The Labute approximate surface area is 186 Å². The molecule has 5 nitrogen and oxygen atoms in total. The Balaban J connectivity index is 1.98. The van der Waals surface area contributed by atoms with Crippen LogP contribution in [-0.4, -0.2) is 27.0 Å². The molecule has 32 heavy (non-hydrogen) atoms. The third kappa shape index (κ3) is 3.33. The van der Waals surface area contributed by atoms with Crippen molar-refractivity contribution in [3.63, 3.8) is 0 Å². The second-order valence-electron chi connectivity index (χ2n) is 8.22. The van der Waals surface area contributed by atoms with Crippen molar-refractivity contribution < 1.29 is 23.4 Å². The lowest BCUT2D eigenvalue weighted by molar-refractivity contribution is -0.272. The highest BCUT2D eigenvalue weighted by Gasteiger charge is 2.62. The van der Waals surface area contributed by atoms with Crippen molar-refractivity contribution in [1.29, 1.82) is 0 Å². The van der Waals surface area contributed by atoms with E-state index in [1.165, 1.54) is 12.3 Å². The zero-order chi connectivity index (χ0) is 23.4. The molecule has 0 radical (unpaired) electrons. The van der Waals surface area contributed by atoms with Gasteiger partial charge in [-0.3, -0.25) is 4.79 Å². The molecule has 3 aromatic rings. The highest BCUT2D eigenvalue weighted by molar-refractivity contribution is 6.31. The molecule has 1 heterocycles. The Morgan fingerprint density at radius 3 is 2.66 bits per heavy atom. The minimum absolute atomic E-state index is 0.0814. The number of pyridine rings is 1. The van der Waals surface area contributed by atoms with E-state index in [9.17, 15) is 28.2 Å².